The lowest BCUT2D eigenvalue weighted by Gasteiger charge is -2.43. The summed E-state index contributed by atoms with van der Waals surface area (Å²) in [4.78, 5) is 22.7. The molecular weight excluding hydrogens is 587 g/mol. The molecule has 0 spiro atoms. The number of halogens is 2. The first-order valence-corrected chi connectivity index (χ1v) is 16.0. The van der Waals surface area contributed by atoms with E-state index in [1.165, 1.54) is 28.2 Å². The Morgan fingerprint density at radius 2 is 1.72 bits per heavy atom. The van der Waals surface area contributed by atoms with Gasteiger partial charge in [-0.3, -0.25) is 4.79 Å². The molecule has 2 aromatic carbocycles. The second-order valence-electron chi connectivity index (χ2n) is 12.1. The number of aliphatic hydroxyl groups excluding tert-OH is 1. The van der Waals surface area contributed by atoms with E-state index in [-0.39, 0.29) is 5.78 Å². The normalized spacial score (nSPS) is 21.1. The average molecular weight is 628 g/mol. The second-order valence-corrected chi connectivity index (χ2v) is 13.0. The minimum Gasteiger partial charge on any atom is -0.389 e. The molecule has 0 saturated carbocycles. The third kappa shape index (κ3) is 7.06. The van der Waals surface area contributed by atoms with Crippen LogP contribution < -0.4 is 4.90 Å². The number of H-pyrrole nitrogens is 1. The number of nitrogens with one attached hydrogen (secondary N) is 1. The number of aliphatic hydroxyl groups is 2. The fourth-order valence-electron chi connectivity index (χ4n) is 6.69. The van der Waals surface area contributed by atoms with Crippen LogP contribution in [-0.4, -0.2) is 102 Å². The van der Waals surface area contributed by atoms with E-state index in [9.17, 15) is 15.0 Å². The Bertz CT molecular complexity index is 1430. The summed E-state index contributed by atoms with van der Waals surface area (Å²) in [5.74, 6) is 0.282. The van der Waals surface area contributed by atoms with E-state index in [2.05, 4.69) is 39.2 Å². The van der Waals surface area contributed by atoms with Gasteiger partial charge >= 0.3 is 0 Å². The minimum absolute atomic E-state index is 0.182. The van der Waals surface area contributed by atoms with Crippen LogP contribution in [0.2, 0.25) is 10.0 Å². The van der Waals surface area contributed by atoms with Crippen molar-refractivity contribution in [1.82, 2.24) is 14.8 Å². The third-order valence-electron chi connectivity index (χ3n) is 9.40. The lowest BCUT2D eigenvalue weighted by Crippen LogP contribution is -2.54. The number of morpholine rings is 1. The van der Waals surface area contributed by atoms with Crippen molar-refractivity contribution in [2.24, 2.45) is 0 Å². The van der Waals surface area contributed by atoms with Crippen LogP contribution in [0.25, 0.3) is 10.9 Å². The smallest absolute Gasteiger partial charge is 0.187 e. The van der Waals surface area contributed by atoms with Gasteiger partial charge in [-0.05, 0) is 86.7 Å². The highest BCUT2D eigenvalue weighted by Crippen LogP contribution is 2.36. The summed E-state index contributed by atoms with van der Waals surface area (Å²) in [6.45, 7) is 6.74. The fourth-order valence-corrected chi connectivity index (χ4v) is 7.21. The Kier molecular flexibility index (Phi) is 9.33. The molecular formula is C33H40Cl2N4O4. The molecule has 1 aromatic heterocycles. The summed E-state index contributed by atoms with van der Waals surface area (Å²) in [6, 6.07) is 11.5. The number of ketones is 1. The number of likely N-dealkylation sites (tertiary alicyclic amines) is 2. The number of nitrogens with zero attached hydrogens (tertiary/aromatic N) is 3. The summed E-state index contributed by atoms with van der Waals surface area (Å²) in [5.41, 5.74) is 3.10. The van der Waals surface area contributed by atoms with Crippen LogP contribution in [0.4, 0.5) is 5.69 Å². The zero-order chi connectivity index (χ0) is 30.0. The van der Waals surface area contributed by atoms with Crippen molar-refractivity contribution in [3.05, 3.63) is 76.0 Å². The first kappa shape index (κ1) is 30.4. The van der Waals surface area contributed by atoms with Gasteiger partial charge in [0.25, 0.3) is 0 Å². The Balaban J connectivity index is 0.993. The van der Waals surface area contributed by atoms with Gasteiger partial charge in [0.1, 0.15) is 0 Å². The second kappa shape index (κ2) is 13.2. The summed E-state index contributed by atoms with van der Waals surface area (Å²) in [6.07, 6.45) is 7.52. The molecule has 3 saturated heterocycles. The van der Waals surface area contributed by atoms with E-state index < -0.39 is 11.7 Å². The number of carbonyl (C=O) groups excluding carboxylic acids is 1. The molecule has 10 heteroatoms. The van der Waals surface area contributed by atoms with Crippen LogP contribution >= 0.6 is 23.2 Å². The molecule has 3 aliphatic heterocycles. The van der Waals surface area contributed by atoms with Gasteiger partial charge in [0.15, 0.2) is 5.78 Å². The van der Waals surface area contributed by atoms with Crippen LogP contribution in [0.5, 0.6) is 0 Å². The number of aromatic amines is 1. The number of rotatable bonds is 8. The van der Waals surface area contributed by atoms with Gasteiger partial charge in [0.05, 0.1) is 24.9 Å². The third-order valence-corrected chi connectivity index (χ3v) is 9.84. The molecule has 43 heavy (non-hydrogen) atoms. The fraction of sp³-hybridized carbons (Fsp3) is 0.485. The predicted molar refractivity (Wildman–Crippen MR) is 171 cm³/mol. The van der Waals surface area contributed by atoms with Crippen molar-refractivity contribution in [3.63, 3.8) is 0 Å². The monoisotopic (exact) mass is 626 g/mol. The van der Waals surface area contributed by atoms with Gasteiger partial charge < -0.3 is 34.6 Å². The van der Waals surface area contributed by atoms with Crippen molar-refractivity contribution >= 4 is 45.6 Å². The minimum atomic E-state index is -1.14. The van der Waals surface area contributed by atoms with Crippen molar-refractivity contribution in [2.75, 3.05) is 63.9 Å². The number of carbonyl (C=O) groups is 1. The molecule has 0 aliphatic carbocycles. The maximum absolute atomic E-state index is 12.6. The lowest BCUT2D eigenvalue weighted by atomic mass is 9.84. The molecule has 6 rings (SSSR count). The highest BCUT2D eigenvalue weighted by atomic mass is 35.5. The quantitative estimate of drug-likeness (QED) is 0.237. The number of aromatic nitrogens is 1. The summed E-state index contributed by atoms with van der Waals surface area (Å²) in [5, 5.41) is 24.6. The number of fused-ring (bicyclic) bond motifs is 1. The molecule has 4 heterocycles. The topological polar surface area (TPSA) is 92.3 Å². The maximum Gasteiger partial charge on any atom is 0.187 e. The SMILES string of the molecule is O=C(C=CN1CCC(O)(C(O)CN2CCC(c3c[nH]c4ccc(N5CCOCC5)cc34)CC2)CC1)c1cc(Cl)cc(Cl)c1. The van der Waals surface area contributed by atoms with E-state index in [1.807, 2.05) is 4.90 Å². The number of ether oxygens (including phenoxy) is 1. The van der Waals surface area contributed by atoms with Crippen molar-refractivity contribution < 1.29 is 19.7 Å². The predicted octanol–water partition coefficient (Wildman–Crippen LogP) is 5.08. The van der Waals surface area contributed by atoms with Crippen LogP contribution in [0, 0.1) is 0 Å². The van der Waals surface area contributed by atoms with E-state index in [1.54, 1.807) is 24.4 Å². The Morgan fingerprint density at radius 3 is 2.42 bits per heavy atom. The van der Waals surface area contributed by atoms with Gasteiger partial charge in [-0.25, -0.2) is 0 Å². The van der Waals surface area contributed by atoms with E-state index in [0.717, 1.165) is 52.2 Å². The number of benzene rings is 2. The average Bonchev–Trinajstić information content (AvgIpc) is 3.44. The lowest BCUT2D eigenvalue weighted by molar-refractivity contribution is -0.114. The highest BCUT2D eigenvalue weighted by Gasteiger charge is 2.39. The number of β-amino-alcohol motifs (C(OH)–C–C–N with tert-alkyl or cyclic N) is 1. The first-order valence-electron chi connectivity index (χ1n) is 15.3. The molecule has 0 radical (unpaired) electrons. The van der Waals surface area contributed by atoms with Gasteiger partial charge in [0.2, 0.25) is 0 Å². The van der Waals surface area contributed by atoms with Gasteiger partial charge in [-0.2, -0.15) is 0 Å². The van der Waals surface area contributed by atoms with E-state index >= 15 is 0 Å². The molecule has 3 aliphatic rings. The molecule has 0 bridgehead atoms. The first-order chi connectivity index (χ1) is 20.8. The molecule has 1 unspecified atom stereocenters. The Hall–Kier alpha value is -2.59. The molecule has 3 aromatic rings. The zero-order valence-electron chi connectivity index (χ0n) is 24.4. The van der Waals surface area contributed by atoms with Crippen molar-refractivity contribution in [3.8, 4) is 0 Å². The van der Waals surface area contributed by atoms with Crippen LogP contribution in [0.1, 0.15) is 47.5 Å². The van der Waals surface area contributed by atoms with E-state index in [0.29, 0.717) is 54.0 Å². The van der Waals surface area contributed by atoms with Gasteiger partial charge in [0, 0.05) is 83.4 Å². The standard InChI is InChI=1S/C33H40Cl2N4O4/c34-25-17-24(18-26(35)19-25)31(40)5-10-37-11-6-33(42,7-12-37)32(41)22-38-8-3-23(4-9-38)29-21-36-30-2-1-27(20-28(29)30)39-13-15-43-16-14-39/h1-2,5,10,17-21,23,32,36,41-42H,3-4,6-9,11-16,22H2. The van der Waals surface area contributed by atoms with Gasteiger partial charge in [-0.15, -0.1) is 0 Å². The maximum atomic E-state index is 12.6. The number of anilines is 1. The number of hydrogen-bond donors (Lipinski definition) is 3. The van der Waals surface area contributed by atoms with Gasteiger partial charge in [-0.1, -0.05) is 23.2 Å². The van der Waals surface area contributed by atoms with Crippen LogP contribution in [-0.2, 0) is 4.74 Å². The van der Waals surface area contributed by atoms with Crippen LogP contribution in [0.3, 0.4) is 0 Å². The molecule has 3 N–H and O–H groups in total. The number of allylic oxidation sites excluding steroid dienone is 1. The summed E-state index contributed by atoms with van der Waals surface area (Å²) >= 11 is 12.0. The molecule has 230 valence electrons. The summed E-state index contributed by atoms with van der Waals surface area (Å²) in [7, 11) is 0. The number of piperidine rings is 2. The van der Waals surface area contributed by atoms with E-state index in [4.69, 9.17) is 27.9 Å². The molecule has 1 atom stereocenters. The van der Waals surface area contributed by atoms with Crippen molar-refractivity contribution in [1.29, 1.82) is 0 Å². The van der Waals surface area contributed by atoms with Crippen LogP contribution in [0.15, 0.2) is 54.9 Å². The summed E-state index contributed by atoms with van der Waals surface area (Å²) < 4.78 is 5.53. The number of hydrogen-bond acceptors (Lipinski definition) is 7. The highest BCUT2D eigenvalue weighted by molar-refractivity contribution is 6.35. The molecule has 3 fully saturated rings. The Morgan fingerprint density at radius 1 is 1.02 bits per heavy atom. The molecule has 8 nitrogen and oxygen atoms in total. The Labute approximate surface area is 262 Å². The molecule has 0 amide bonds. The van der Waals surface area contributed by atoms with Crippen molar-refractivity contribution in [2.45, 2.75) is 43.3 Å². The zero-order valence-corrected chi connectivity index (χ0v) is 25.9. The largest absolute Gasteiger partial charge is 0.389 e.